The Labute approximate surface area is 189 Å². The van der Waals surface area contributed by atoms with Crippen molar-refractivity contribution in [1.82, 2.24) is 14.3 Å². The Morgan fingerprint density at radius 1 is 1.10 bits per heavy atom. The molecule has 1 saturated heterocycles. The van der Waals surface area contributed by atoms with Gasteiger partial charge < -0.3 is 4.74 Å². The number of aromatic nitrogens is 2. The summed E-state index contributed by atoms with van der Waals surface area (Å²) in [6, 6.07) is 8.27. The minimum Gasteiger partial charge on any atom is -0.497 e. The molecule has 2 fully saturated rings. The number of methoxy groups -OCH3 is 1. The zero-order valence-corrected chi connectivity index (χ0v) is 19.8. The molecular formula is C24H32ClN3OS. The third kappa shape index (κ3) is 3.65. The molecule has 6 heteroatoms. The van der Waals surface area contributed by atoms with Crippen molar-refractivity contribution < 1.29 is 4.74 Å². The van der Waals surface area contributed by atoms with Crippen LogP contribution in [0.25, 0.3) is 16.2 Å². The van der Waals surface area contributed by atoms with Crippen LogP contribution in [0.1, 0.15) is 58.1 Å². The van der Waals surface area contributed by atoms with Crippen LogP contribution < -0.4 is 4.74 Å². The highest BCUT2D eigenvalue weighted by atomic mass is 35.5. The average molecular weight is 446 g/mol. The van der Waals surface area contributed by atoms with Gasteiger partial charge >= 0.3 is 0 Å². The van der Waals surface area contributed by atoms with Gasteiger partial charge in [-0.3, -0.25) is 9.30 Å². The third-order valence-electron chi connectivity index (χ3n) is 7.48. The predicted molar refractivity (Wildman–Crippen MR) is 127 cm³/mol. The summed E-state index contributed by atoms with van der Waals surface area (Å²) >= 11 is 1.71. The van der Waals surface area contributed by atoms with E-state index in [9.17, 15) is 0 Å². The number of benzene rings is 1. The highest BCUT2D eigenvalue weighted by Crippen LogP contribution is 2.47. The minimum absolute atomic E-state index is 0. The molecule has 0 bridgehead atoms. The molecule has 0 radical (unpaired) electrons. The van der Waals surface area contributed by atoms with Crippen LogP contribution in [-0.2, 0) is 5.54 Å². The number of imidazole rings is 1. The first kappa shape index (κ1) is 21.7. The van der Waals surface area contributed by atoms with Crippen molar-refractivity contribution >= 4 is 28.7 Å². The summed E-state index contributed by atoms with van der Waals surface area (Å²) in [6.45, 7) is 7.08. The van der Waals surface area contributed by atoms with Gasteiger partial charge in [0.25, 0.3) is 0 Å². The number of ether oxygens (including phenoxy) is 1. The monoisotopic (exact) mass is 445 g/mol. The maximum Gasteiger partial charge on any atom is 0.194 e. The molecule has 1 aliphatic heterocycles. The SMILES string of the molecule is COc1cccc(-c2csc3nc(C(C)(C)N4CCC5(CCCC5)CC4)cn23)c1.Cl. The van der Waals surface area contributed by atoms with E-state index in [-0.39, 0.29) is 17.9 Å². The molecule has 1 aromatic carbocycles. The fourth-order valence-corrected chi connectivity index (χ4v) is 6.28. The highest BCUT2D eigenvalue weighted by Gasteiger charge is 2.41. The third-order valence-corrected chi connectivity index (χ3v) is 8.32. The number of fused-ring (bicyclic) bond motifs is 1. The molecule has 1 saturated carbocycles. The van der Waals surface area contributed by atoms with Crippen molar-refractivity contribution in [2.45, 2.75) is 57.9 Å². The van der Waals surface area contributed by atoms with Crippen molar-refractivity contribution in [1.29, 1.82) is 0 Å². The van der Waals surface area contributed by atoms with Gasteiger partial charge in [-0.15, -0.1) is 23.7 Å². The van der Waals surface area contributed by atoms with E-state index >= 15 is 0 Å². The number of hydrogen-bond donors (Lipinski definition) is 0. The molecule has 3 heterocycles. The Kier molecular flexibility index (Phi) is 5.90. The van der Waals surface area contributed by atoms with Crippen molar-refractivity contribution in [3.8, 4) is 17.0 Å². The summed E-state index contributed by atoms with van der Waals surface area (Å²) in [5.41, 5.74) is 4.13. The van der Waals surface area contributed by atoms with E-state index in [0.29, 0.717) is 5.41 Å². The van der Waals surface area contributed by atoms with Gasteiger partial charge in [0, 0.05) is 17.1 Å². The van der Waals surface area contributed by atoms with Gasteiger partial charge in [0.1, 0.15) is 5.75 Å². The van der Waals surface area contributed by atoms with Crippen LogP contribution in [0.4, 0.5) is 0 Å². The minimum atomic E-state index is -0.0440. The number of piperidine rings is 1. The summed E-state index contributed by atoms with van der Waals surface area (Å²) in [6.07, 6.45) is 10.7. The summed E-state index contributed by atoms with van der Waals surface area (Å²) in [5, 5.41) is 2.19. The molecule has 0 amide bonds. The number of hydrogen-bond acceptors (Lipinski definition) is 4. The van der Waals surface area contributed by atoms with Crippen LogP contribution in [0.3, 0.4) is 0 Å². The maximum atomic E-state index is 5.42. The highest BCUT2D eigenvalue weighted by molar-refractivity contribution is 7.15. The normalized spacial score (nSPS) is 19.3. The average Bonchev–Trinajstić information content (AvgIpc) is 3.45. The molecule has 5 rings (SSSR count). The number of halogens is 1. The lowest BCUT2D eigenvalue weighted by atomic mass is 9.76. The molecule has 162 valence electrons. The van der Waals surface area contributed by atoms with E-state index in [4.69, 9.17) is 9.72 Å². The molecule has 4 nitrogen and oxygen atoms in total. The Morgan fingerprint density at radius 3 is 2.53 bits per heavy atom. The molecule has 0 N–H and O–H groups in total. The second-order valence-electron chi connectivity index (χ2n) is 9.38. The van der Waals surface area contributed by atoms with Gasteiger partial charge in [-0.2, -0.15) is 0 Å². The molecule has 2 aromatic heterocycles. The van der Waals surface area contributed by atoms with E-state index in [1.807, 2.05) is 12.1 Å². The van der Waals surface area contributed by atoms with Gasteiger partial charge in [-0.05, 0) is 70.2 Å². The maximum absolute atomic E-state index is 5.42. The van der Waals surface area contributed by atoms with Crippen LogP contribution in [0, 0.1) is 5.41 Å². The van der Waals surface area contributed by atoms with Crippen LogP contribution in [-0.4, -0.2) is 34.5 Å². The molecule has 2 aliphatic rings. The summed E-state index contributed by atoms with van der Waals surface area (Å²) < 4.78 is 7.66. The van der Waals surface area contributed by atoms with Crippen molar-refractivity contribution in [3.05, 3.63) is 41.5 Å². The lowest BCUT2D eigenvalue weighted by Gasteiger charge is -2.46. The fourth-order valence-electron chi connectivity index (χ4n) is 5.40. The van der Waals surface area contributed by atoms with Crippen molar-refractivity contribution in [2.24, 2.45) is 5.41 Å². The van der Waals surface area contributed by atoms with E-state index in [1.54, 1.807) is 18.4 Å². The standard InChI is InChI=1S/C24H31N3OS.ClH/c1-23(2,26-13-11-24(12-14-26)9-4-5-10-24)21-16-27-20(17-29-22(27)25-21)18-7-6-8-19(15-18)28-3;/h6-8,15-17H,4-5,9-14H2,1-3H3;1H. The van der Waals surface area contributed by atoms with E-state index in [0.717, 1.165) is 10.7 Å². The van der Waals surface area contributed by atoms with Crippen molar-refractivity contribution in [3.63, 3.8) is 0 Å². The fraction of sp³-hybridized carbons (Fsp3) is 0.542. The topological polar surface area (TPSA) is 29.8 Å². The zero-order valence-electron chi connectivity index (χ0n) is 18.2. The molecule has 30 heavy (non-hydrogen) atoms. The number of likely N-dealkylation sites (tertiary alicyclic amines) is 1. The van der Waals surface area contributed by atoms with Gasteiger partial charge in [-0.1, -0.05) is 25.0 Å². The first-order valence-electron chi connectivity index (χ1n) is 10.9. The Morgan fingerprint density at radius 2 is 1.83 bits per heavy atom. The van der Waals surface area contributed by atoms with Gasteiger partial charge in [0.15, 0.2) is 4.96 Å². The van der Waals surface area contributed by atoms with Gasteiger partial charge in [0.2, 0.25) is 0 Å². The van der Waals surface area contributed by atoms with Gasteiger partial charge in [-0.25, -0.2) is 4.98 Å². The molecular weight excluding hydrogens is 414 g/mol. The Hall–Kier alpha value is -1.56. The smallest absolute Gasteiger partial charge is 0.194 e. The second-order valence-corrected chi connectivity index (χ2v) is 10.2. The van der Waals surface area contributed by atoms with Gasteiger partial charge in [0.05, 0.1) is 24.0 Å². The summed E-state index contributed by atoms with van der Waals surface area (Å²) in [7, 11) is 1.72. The summed E-state index contributed by atoms with van der Waals surface area (Å²) in [4.78, 5) is 8.77. The van der Waals surface area contributed by atoms with E-state index in [2.05, 4.69) is 46.9 Å². The van der Waals surface area contributed by atoms with E-state index < -0.39 is 0 Å². The zero-order chi connectivity index (χ0) is 20.1. The number of rotatable bonds is 4. The lowest BCUT2D eigenvalue weighted by Crippen LogP contribution is -2.48. The van der Waals surface area contributed by atoms with Crippen LogP contribution in [0.15, 0.2) is 35.8 Å². The lowest BCUT2D eigenvalue weighted by molar-refractivity contribution is 0.0327. The quantitative estimate of drug-likeness (QED) is 0.466. The van der Waals surface area contributed by atoms with Crippen molar-refractivity contribution in [2.75, 3.05) is 20.2 Å². The van der Waals surface area contributed by atoms with E-state index in [1.165, 1.54) is 68.6 Å². The van der Waals surface area contributed by atoms with Crippen LogP contribution in [0.5, 0.6) is 5.75 Å². The van der Waals surface area contributed by atoms with Crippen LogP contribution in [0.2, 0.25) is 0 Å². The number of nitrogens with zero attached hydrogens (tertiary/aromatic N) is 3. The molecule has 3 aromatic rings. The predicted octanol–water partition coefficient (Wildman–Crippen LogP) is 6.38. The molecule has 0 atom stereocenters. The Bertz CT molecular complexity index is 1010. The Balaban J connectivity index is 0.00000218. The molecule has 1 aliphatic carbocycles. The molecule has 0 unspecified atom stereocenters. The largest absolute Gasteiger partial charge is 0.497 e. The van der Waals surface area contributed by atoms with Crippen LogP contribution >= 0.6 is 23.7 Å². The molecule has 1 spiro atoms. The first-order valence-corrected chi connectivity index (χ1v) is 11.8. The second kappa shape index (κ2) is 8.18. The number of thiazole rings is 1. The summed E-state index contributed by atoms with van der Waals surface area (Å²) in [5.74, 6) is 0.886. The first-order chi connectivity index (χ1) is 14.0.